The smallest absolute Gasteiger partial charge is 0.404 e. The molecule has 0 aliphatic carbocycles. The van der Waals surface area contributed by atoms with Crippen molar-refractivity contribution in [3.63, 3.8) is 0 Å². The number of H-pyrrole nitrogens is 1. The number of nitrogens with zero attached hydrogens (tertiary/aromatic N) is 1. The maximum atomic E-state index is 11.6. The number of carbonyl (C=O) groups excluding carboxylic acids is 1. The van der Waals surface area contributed by atoms with E-state index in [-0.39, 0.29) is 6.61 Å². The van der Waals surface area contributed by atoms with E-state index in [1.54, 1.807) is 0 Å². The Bertz CT molecular complexity index is 609. The second kappa shape index (κ2) is 5.45. The highest BCUT2D eigenvalue weighted by Crippen LogP contribution is 2.28. The second-order valence-electron chi connectivity index (χ2n) is 4.19. The predicted molar refractivity (Wildman–Crippen MR) is 62.8 cm³/mol. The topological polar surface area (TPSA) is 157 Å². The van der Waals surface area contributed by atoms with Gasteiger partial charge in [-0.05, 0) is 0 Å². The van der Waals surface area contributed by atoms with Crippen LogP contribution >= 0.6 is 0 Å². The van der Waals surface area contributed by atoms with E-state index in [0.717, 1.165) is 16.8 Å². The van der Waals surface area contributed by atoms with Crippen LogP contribution in [0.1, 0.15) is 6.23 Å². The average Bonchev–Trinajstić information content (AvgIpc) is 2.64. The number of rotatable bonds is 3. The first-order valence-electron chi connectivity index (χ1n) is 5.65. The molecule has 10 nitrogen and oxygen atoms in total. The van der Waals surface area contributed by atoms with Crippen LogP contribution in [0.25, 0.3) is 0 Å². The molecule has 1 aliphatic rings. The highest BCUT2D eigenvalue weighted by Gasteiger charge is 2.44. The van der Waals surface area contributed by atoms with Crippen LogP contribution in [0.3, 0.4) is 0 Å². The number of aromatic nitrogens is 2. The van der Waals surface area contributed by atoms with Gasteiger partial charge in [-0.3, -0.25) is 14.3 Å². The molecule has 20 heavy (non-hydrogen) atoms. The summed E-state index contributed by atoms with van der Waals surface area (Å²) in [6.07, 6.45) is -4.99. The maximum absolute atomic E-state index is 11.6. The lowest BCUT2D eigenvalue weighted by Gasteiger charge is -2.16. The Hall–Kier alpha value is -2.17. The highest BCUT2D eigenvalue weighted by atomic mass is 16.6. The zero-order valence-corrected chi connectivity index (χ0v) is 10.1. The van der Waals surface area contributed by atoms with E-state index in [2.05, 4.69) is 4.74 Å². The van der Waals surface area contributed by atoms with Gasteiger partial charge >= 0.3 is 11.8 Å². The lowest BCUT2D eigenvalue weighted by atomic mass is 10.1. The molecule has 0 spiro atoms. The zero-order chi connectivity index (χ0) is 14.9. The molecule has 0 aromatic carbocycles. The van der Waals surface area contributed by atoms with Gasteiger partial charge in [0.2, 0.25) is 0 Å². The Morgan fingerprint density at radius 3 is 2.75 bits per heavy atom. The number of hydrogen-bond donors (Lipinski definition) is 4. The second-order valence-corrected chi connectivity index (χ2v) is 4.19. The molecule has 5 N–H and O–H groups in total. The van der Waals surface area contributed by atoms with Crippen LogP contribution in [0.2, 0.25) is 0 Å². The van der Waals surface area contributed by atoms with Gasteiger partial charge in [-0.25, -0.2) is 9.59 Å². The van der Waals surface area contributed by atoms with E-state index in [1.807, 2.05) is 4.98 Å². The van der Waals surface area contributed by atoms with Crippen molar-refractivity contribution < 1.29 is 24.5 Å². The molecule has 1 aromatic rings. The molecule has 2 heterocycles. The number of amides is 1. The molecule has 1 fully saturated rings. The van der Waals surface area contributed by atoms with Crippen molar-refractivity contribution in [2.45, 2.75) is 24.5 Å². The first-order chi connectivity index (χ1) is 9.40. The van der Waals surface area contributed by atoms with E-state index in [1.165, 1.54) is 0 Å². The van der Waals surface area contributed by atoms with Crippen molar-refractivity contribution in [2.24, 2.45) is 5.73 Å². The molecule has 1 aromatic heterocycles. The van der Waals surface area contributed by atoms with Crippen molar-refractivity contribution in [3.05, 3.63) is 33.1 Å². The minimum atomic E-state index is -1.43. The van der Waals surface area contributed by atoms with E-state index in [4.69, 9.17) is 10.5 Å². The van der Waals surface area contributed by atoms with Crippen molar-refractivity contribution in [2.75, 3.05) is 6.61 Å². The van der Waals surface area contributed by atoms with Crippen LogP contribution in [0.4, 0.5) is 4.79 Å². The molecular weight excluding hydrogens is 274 g/mol. The van der Waals surface area contributed by atoms with Crippen LogP contribution in [0.15, 0.2) is 21.9 Å². The fourth-order valence-corrected chi connectivity index (χ4v) is 1.89. The molecule has 0 unspecified atom stereocenters. The standard InChI is InChI=1S/C10H13N3O7/c11-9(17)19-3-4-6(15)7(16)8(20-4)13-2-1-5(14)12-10(13)18/h1-2,4,6-8,15-16H,3H2,(H2,11,17)(H,12,14,18)/t4-,6-,7+,8-/m0/s1. The largest absolute Gasteiger partial charge is 0.447 e. The van der Waals surface area contributed by atoms with Crippen LogP contribution in [-0.2, 0) is 9.47 Å². The van der Waals surface area contributed by atoms with Gasteiger partial charge in [-0.15, -0.1) is 0 Å². The number of primary amides is 1. The third-order valence-electron chi connectivity index (χ3n) is 2.85. The molecule has 110 valence electrons. The van der Waals surface area contributed by atoms with Gasteiger partial charge in [0.25, 0.3) is 5.56 Å². The Morgan fingerprint density at radius 2 is 2.15 bits per heavy atom. The van der Waals surface area contributed by atoms with Crippen LogP contribution in [0, 0.1) is 0 Å². The van der Waals surface area contributed by atoms with Gasteiger partial charge in [-0.1, -0.05) is 0 Å². The summed E-state index contributed by atoms with van der Waals surface area (Å²) in [6.45, 7) is -0.373. The maximum Gasteiger partial charge on any atom is 0.404 e. The summed E-state index contributed by atoms with van der Waals surface area (Å²) in [6, 6.07) is 1.07. The van der Waals surface area contributed by atoms with Gasteiger partial charge < -0.3 is 25.4 Å². The normalized spacial score (nSPS) is 29.3. The van der Waals surface area contributed by atoms with Crippen molar-refractivity contribution >= 4 is 6.09 Å². The monoisotopic (exact) mass is 287 g/mol. The van der Waals surface area contributed by atoms with E-state index < -0.39 is 41.9 Å². The first-order valence-corrected chi connectivity index (χ1v) is 5.65. The van der Waals surface area contributed by atoms with E-state index in [9.17, 15) is 24.6 Å². The Balaban J connectivity index is 2.19. The van der Waals surface area contributed by atoms with Gasteiger partial charge in [0, 0.05) is 12.3 Å². The zero-order valence-electron chi connectivity index (χ0n) is 10.1. The Labute approximate surface area is 111 Å². The average molecular weight is 287 g/mol. The Kier molecular flexibility index (Phi) is 3.88. The summed E-state index contributed by atoms with van der Waals surface area (Å²) >= 11 is 0. The minimum absolute atomic E-state index is 0.373. The van der Waals surface area contributed by atoms with E-state index >= 15 is 0 Å². The van der Waals surface area contributed by atoms with Gasteiger partial charge in [0.15, 0.2) is 6.23 Å². The molecule has 0 radical (unpaired) electrons. The highest BCUT2D eigenvalue weighted by molar-refractivity contribution is 5.64. The summed E-state index contributed by atoms with van der Waals surface area (Å²) in [4.78, 5) is 35.0. The number of aliphatic hydroxyl groups is 2. The predicted octanol–water partition coefficient (Wildman–Crippen LogP) is -2.75. The summed E-state index contributed by atoms with van der Waals surface area (Å²) in [7, 11) is 0. The van der Waals surface area contributed by atoms with Crippen LogP contribution in [0.5, 0.6) is 0 Å². The molecule has 1 saturated heterocycles. The number of carbonyl (C=O) groups is 1. The van der Waals surface area contributed by atoms with Crippen LogP contribution in [-0.4, -0.2) is 50.8 Å². The fraction of sp³-hybridized carbons (Fsp3) is 0.500. The molecule has 2 rings (SSSR count). The summed E-state index contributed by atoms with van der Waals surface area (Å²) in [5.74, 6) is 0. The summed E-state index contributed by atoms with van der Waals surface area (Å²) < 4.78 is 10.6. The molecule has 0 bridgehead atoms. The lowest BCUT2D eigenvalue weighted by Crippen LogP contribution is -2.37. The summed E-state index contributed by atoms with van der Waals surface area (Å²) in [5, 5.41) is 19.6. The van der Waals surface area contributed by atoms with Crippen molar-refractivity contribution in [3.8, 4) is 0 Å². The van der Waals surface area contributed by atoms with Gasteiger partial charge in [0.05, 0.1) is 0 Å². The first kappa shape index (κ1) is 14.2. The van der Waals surface area contributed by atoms with E-state index in [0.29, 0.717) is 0 Å². The minimum Gasteiger partial charge on any atom is -0.447 e. The third kappa shape index (κ3) is 2.71. The van der Waals surface area contributed by atoms with Gasteiger partial charge in [0.1, 0.15) is 24.9 Å². The van der Waals surface area contributed by atoms with Crippen LogP contribution < -0.4 is 17.0 Å². The number of ether oxygens (including phenoxy) is 2. The molecule has 1 amide bonds. The number of nitrogens with two attached hydrogens (primary N) is 1. The number of hydrogen-bond acceptors (Lipinski definition) is 7. The third-order valence-corrected chi connectivity index (χ3v) is 2.85. The quantitative estimate of drug-likeness (QED) is 0.469. The molecule has 1 aliphatic heterocycles. The SMILES string of the molecule is NC(=O)OC[C@@H]1O[C@H](n2ccc(=O)[nH]c2=O)[C@H](O)[C@H]1O. The fourth-order valence-electron chi connectivity index (χ4n) is 1.89. The number of aromatic amines is 1. The summed E-state index contributed by atoms with van der Waals surface area (Å²) in [5.41, 5.74) is 3.38. The molecule has 0 saturated carbocycles. The van der Waals surface area contributed by atoms with Crippen molar-refractivity contribution in [1.82, 2.24) is 9.55 Å². The Morgan fingerprint density at radius 1 is 1.45 bits per heavy atom. The molecular formula is C10H13N3O7. The van der Waals surface area contributed by atoms with Gasteiger partial charge in [-0.2, -0.15) is 0 Å². The number of nitrogens with one attached hydrogen (secondary N) is 1. The number of aliphatic hydroxyl groups excluding tert-OH is 2. The lowest BCUT2D eigenvalue weighted by molar-refractivity contribution is -0.0563. The molecule has 4 atom stereocenters. The molecule has 10 heteroatoms. The van der Waals surface area contributed by atoms with Crippen molar-refractivity contribution in [1.29, 1.82) is 0 Å².